The fraction of sp³-hybridized carbons (Fsp3) is 0.570. The van der Waals surface area contributed by atoms with Gasteiger partial charge in [-0.2, -0.15) is 0 Å². The van der Waals surface area contributed by atoms with Crippen molar-refractivity contribution in [3.63, 3.8) is 0 Å². The van der Waals surface area contributed by atoms with E-state index < -0.39 is 55.5 Å². The second-order valence-electron chi connectivity index (χ2n) is 37.5. The summed E-state index contributed by atoms with van der Waals surface area (Å²) in [6, 6.07) is 26.4. The number of likely N-dealkylation sites (tertiary alicyclic amines) is 5. The number of rotatable bonds is 23. The quantitative estimate of drug-likeness (QED) is 0.0407. The number of hydrogen-bond donors (Lipinski definition) is 5. The molecule has 5 aromatic rings. The van der Waals surface area contributed by atoms with Gasteiger partial charge in [0.25, 0.3) is 50.1 Å². The van der Waals surface area contributed by atoms with Gasteiger partial charge in [0.05, 0.1) is 89.6 Å². The zero-order chi connectivity index (χ0) is 96.5. The first-order chi connectivity index (χ1) is 62.9. The predicted molar refractivity (Wildman–Crippen MR) is 511 cm³/mol. The summed E-state index contributed by atoms with van der Waals surface area (Å²) < 4.78 is 166. The lowest BCUT2D eigenvalue weighted by atomic mass is 9.91. The van der Waals surface area contributed by atoms with Gasteiger partial charge in [0.1, 0.15) is 57.9 Å². The molecule has 5 atom stereocenters. The van der Waals surface area contributed by atoms with E-state index in [-0.39, 0.29) is 123 Å². The van der Waals surface area contributed by atoms with Gasteiger partial charge in [-0.15, -0.1) is 22.0 Å². The Morgan fingerprint density at radius 3 is 0.865 bits per heavy atom. The molecular formula is C93H131N15O20S5. The third-order valence-electron chi connectivity index (χ3n) is 24.3. The molecule has 133 heavy (non-hydrogen) atoms. The van der Waals surface area contributed by atoms with E-state index in [2.05, 4.69) is 28.9 Å². The largest absolute Gasteiger partial charge is 0.492 e. The molecule has 10 N–H and O–H groups in total. The second-order valence-corrected chi connectivity index (χ2v) is 45.6. The Balaban J connectivity index is 0.000000160. The lowest BCUT2D eigenvalue weighted by Crippen LogP contribution is -2.46. The molecule has 10 aliphatic rings. The first kappa shape index (κ1) is 103. The summed E-state index contributed by atoms with van der Waals surface area (Å²) in [4.78, 5) is 71.1. The Bertz CT molecular complexity index is 5840. The highest BCUT2D eigenvalue weighted by Crippen LogP contribution is 2.37. The Labute approximate surface area is 783 Å². The smallest absolute Gasteiger partial charge is 0.259 e. The maximum atomic E-state index is 12.5. The van der Waals surface area contributed by atoms with E-state index in [4.69, 9.17) is 52.4 Å². The van der Waals surface area contributed by atoms with Crippen molar-refractivity contribution < 1.29 is 89.7 Å². The van der Waals surface area contributed by atoms with Crippen molar-refractivity contribution in [3.8, 4) is 28.7 Å². The van der Waals surface area contributed by atoms with Crippen LogP contribution in [0.3, 0.4) is 0 Å². The predicted octanol–water partition coefficient (Wildman–Crippen LogP) is 9.00. The van der Waals surface area contributed by atoms with Crippen LogP contribution in [0.2, 0.25) is 0 Å². The van der Waals surface area contributed by atoms with Gasteiger partial charge >= 0.3 is 0 Å². The molecule has 5 aromatic carbocycles. The summed E-state index contributed by atoms with van der Waals surface area (Å²) in [6.45, 7) is 27.6. The zero-order valence-electron chi connectivity index (χ0n) is 77.7. The van der Waals surface area contributed by atoms with Crippen molar-refractivity contribution in [2.45, 2.75) is 194 Å². The maximum absolute atomic E-state index is 12.5. The molecule has 0 spiro atoms. The third-order valence-corrected chi connectivity index (χ3v) is 30.0. The molecule has 35 nitrogen and oxygen atoms in total. The van der Waals surface area contributed by atoms with E-state index in [9.17, 15) is 66.1 Å². The van der Waals surface area contributed by atoms with Crippen LogP contribution in [0.4, 0.5) is 0 Å². The number of carbonyl (C=O) groups excluding carboxylic acids is 5. The molecule has 15 rings (SSSR count). The van der Waals surface area contributed by atoms with E-state index in [0.29, 0.717) is 175 Å². The normalized spacial score (nSPS) is 21.7. The molecule has 10 heterocycles. The second kappa shape index (κ2) is 45.3. The number of piperidine rings is 5. The molecule has 0 radical (unpaired) electrons. The number of nitrogens with zero attached hydrogens (tertiary/aromatic N) is 10. The van der Waals surface area contributed by atoms with Gasteiger partial charge in [0.2, 0.25) is 29.5 Å². The van der Waals surface area contributed by atoms with Crippen molar-refractivity contribution in [2.75, 3.05) is 98.5 Å². The lowest BCUT2D eigenvalue weighted by molar-refractivity contribution is -0.141. The first-order valence-electron chi connectivity index (χ1n) is 45.9. The van der Waals surface area contributed by atoms with Crippen LogP contribution in [-0.4, -0.2) is 224 Å². The molecule has 0 unspecified atom stereocenters. The van der Waals surface area contributed by atoms with Gasteiger partial charge in [-0.1, -0.05) is 129 Å². The molecule has 0 aromatic heterocycles. The number of nitrogens with two attached hydrogens (primary N) is 5. The third kappa shape index (κ3) is 28.8. The molecule has 0 saturated carbocycles. The fourth-order valence-electron chi connectivity index (χ4n) is 17.9. The van der Waals surface area contributed by atoms with Crippen LogP contribution in [0, 0.1) is 46.8 Å². The van der Waals surface area contributed by atoms with E-state index >= 15 is 0 Å². The minimum atomic E-state index is -3.57. The van der Waals surface area contributed by atoms with Crippen LogP contribution >= 0.6 is 0 Å². The maximum Gasteiger partial charge on any atom is 0.259 e. The highest BCUT2D eigenvalue weighted by atomic mass is 32.2. The lowest BCUT2D eigenvalue weighted by Gasteiger charge is -2.36. The molecule has 5 saturated heterocycles. The van der Waals surface area contributed by atoms with Crippen molar-refractivity contribution >= 4 is 109 Å². The minimum Gasteiger partial charge on any atom is -0.492 e. The summed E-state index contributed by atoms with van der Waals surface area (Å²) in [5, 5.41) is 0. The van der Waals surface area contributed by atoms with Gasteiger partial charge in [0, 0.05) is 126 Å². The van der Waals surface area contributed by atoms with Crippen molar-refractivity contribution in [1.82, 2.24) is 24.5 Å². The van der Waals surface area contributed by atoms with Crippen molar-refractivity contribution in [3.05, 3.63) is 147 Å². The number of ether oxygens (including phenoxy) is 5. The highest BCUT2D eigenvalue weighted by molar-refractivity contribution is 7.90. The first-order valence-corrected chi connectivity index (χ1v) is 54.0. The molecule has 40 heteroatoms. The number of hydrogen-bond acceptors (Lipinski definition) is 25. The number of unbranched alkanes of at least 4 members (excludes halogenated alkanes) is 1. The number of amides is 5. The minimum absolute atomic E-state index is 0.00577. The Morgan fingerprint density at radius 1 is 0.361 bits per heavy atom. The van der Waals surface area contributed by atoms with Crippen molar-refractivity contribution in [2.24, 2.45) is 97.5 Å². The molecule has 0 aliphatic carbocycles. The molecule has 5 fully saturated rings. The van der Waals surface area contributed by atoms with Crippen LogP contribution in [0.15, 0.2) is 113 Å². The van der Waals surface area contributed by atoms with Gasteiger partial charge in [-0.3, -0.25) is 24.0 Å². The summed E-state index contributed by atoms with van der Waals surface area (Å²) in [6.07, 6.45) is 14.4. The average molecular weight is 1940 g/mol. The van der Waals surface area contributed by atoms with E-state index in [1.54, 1.807) is 91.0 Å². The standard InChI is InChI=1S/3C19H27N3O4S.2C18H25N3O4S/c1-19(2,3)18(23)22-9-5-6-13(10-22)11-26-15-8-4-7-14-12-27(24,25)21-17(20)16(14)15;1-13(2)9-17(23)22-8-4-5-14(10-22)11-26-16-7-3-6-15-12-27(24,25)21-19(20)18(15)16;1-2-3-9-17(23)22-10-5-6-14(11-22)12-26-16-8-4-7-15-13-27(24,25)21-19(20)18(15)16;1-12(2)18(22)21-8-4-5-13(9-21)10-25-15-7-3-6-14-11-26(23,24)20-17(19)16(14)15;1-2-5-16(22)21-9-4-6-13(10-21)11-25-15-8-3-7-14-12-26(23,24)20-18(19)17(14)15/h4,7-8,13H,5-6,9-12H2,1-3H3,(H2,20,21);3,6-7,13-14H,4-5,8-12H2,1-2H3,(H2,20,21);4,7-8,14H,2-3,5-6,9-13H2,1H3,(H2,20,21);3,6-7,12-13H,4-5,8-11H2,1-2H3,(H2,19,20);3,7-8,13H,2,4-6,9-12H2,1H3,(H2,19,20)/t13-;2*14-;2*13-/m00000/s1. The van der Waals surface area contributed by atoms with Crippen LogP contribution in [0.25, 0.3) is 0 Å². The average Bonchev–Trinajstić information content (AvgIpc) is 0.796. The molecule has 10 aliphatic heterocycles. The van der Waals surface area contributed by atoms with Crippen LogP contribution in [-0.2, 0) is 103 Å². The van der Waals surface area contributed by atoms with Gasteiger partial charge < -0.3 is 76.9 Å². The van der Waals surface area contributed by atoms with Crippen LogP contribution in [0.1, 0.15) is 221 Å². The van der Waals surface area contributed by atoms with Crippen LogP contribution in [0.5, 0.6) is 28.7 Å². The van der Waals surface area contributed by atoms with Crippen LogP contribution < -0.4 is 52.4 Å². The monoisotopic (exact) mass is 1940 g/mol. The zero-order valence-corrected chi connectivity index (χ0v) is 81.8. The number of fused-ring (bicyclic) bond motifs is 5. The highest BCUT2D eigenvalue weighted by Gasteiger charge is 2.37. The SMILES string of the molecule is CC(C)(C)C(=O)N1CCC[C@H](COc2cccc3c2C(N)=NS(=O)(=O)C3)C1.CC(C)C(=O)N1CCC[C@H](COc2cccc3c2C(N)=NS(=O)(=O)C3)C1.CC(C)CC(=O)N1CCC[C@H](COc2cccc3c2C(N)=NS(=O)(=O)C3)C1.CCCC(=O)N1CCC[C@H](COc2cccc3c2C(N)=NS(=O)(=O)C3)C1.CCCCC(=O)N1CCC[C@H](COc2cccc3c2C(N)=NS(=O)(=O)C3)C1. The Morgan fingerprint density at radius 2 is 0.609 bits per heavy atom. The van der Waals surface area contributed by atoms with Crippen molar-refractivity contribution in [1.29, 1.82) is 0 Å². The number of carbonyl (C=O) groups is 5. The summed E-state index contributed by atoms with van der Waals surface area (Å²) >= 11 is 0. The number of benzene rings is 5. The van der Waals surface area contributed by atoms with Gasteiger partial charge in [0.15, 0.2) is 0 Å². The Hall–Kier alpha value is -10.4. The van der Waals surface area contributed by atoms with E-state index in [1.807, 2.05) is 79.9 Å². The molecule has 0 bridgehead atoms. The summed E-state index contributed by atoms with van der Waals surface area (Å²) in [5.41, 5.74) is 34.8. The summed E-state index contributed by atoms with van der Waals surface area (Å²) in [7, 11) is -17.8. The fourth-order valence-corrected chi connectivity index (χ4v) is 23.4. The Kier molecular flexibility index (Phi) is 35.1. The number of amidine groups is 5. The molecule has 728 valence electrons. The summed E-state index contributed by atoms with van der Waals surface area (Å²) in [5.74, 6) is 4.33. The van der Waals surface area contributed by atoms with Gasteiger partial charge in [-0.05, 0) is 141 Å². The van der Waals surface area contributed by atoms with E-state index in [0.717, 1.165) is 116 Å². The molecule has 5 amide bonds. The topological polar surface area (TPSA) is 510 Å². The van der Waals surface area contributed by atoms with E-state index in [1.165, 1.54) is 0 Å². The number of sulfonamides is 5. The molecular weight excluding hydrogens is 1810 g/mol. The van der Waals surface area contributed by atoms with Gasteiger partial charge in [-0.25, -0.2) is 42.1 Å².